The lowest BCUT2D eigenvalue weighted by Crippen LogP contribution is -2.45. The number of ketones is 1. The molecule has 0 saturated carbocycles. The van der Waals surface area contributed by atoms with Gasteiger partial charge in [-0.25, -0.2) is 19.9 Å². The van der Waals surface area contributed by atoms with Gasteiger partial charge in [0.15, 0.2) is 17.1 Å². The number of rotatable bonds is 4. The van der Waals surface area contributed by atoms with Gasteiger partial charge in [-0.1, -0.05) is 0 Å². The molecule has 2 aromatic carbocycles. The van der Waals surface area contributed by atoms with Gasteiger partial charge in [-0.3, -0.25) is 13.9 Å². The van der Waals surface area contributed by atoms with Crippen molar-refractivity contribution in [1.82, 2.24) is 29.1 Å². The number of carbonyl (C=O) groups excluding carboxylic acids is 1. The van der Waals surface area contributed by atoms with Crippen LogP contribution in [-0.4, -0.2) is 80.0 Å². The zero-order chi connectivity index (χ0) is 47.1. The van der Waals surface area contributed by atoms with E-state index >= 15 is 0 Å². The topological polar surface area (TPSA) is 103 Å². The van der Waals surface area contributed by atoms with Gasteiger partial charge in [0.25, 0.3) is 0 Å². The van der Waals surface area contributed by atoms with E-state index in [0.717, 1.165) is 95.1 Å². The molecular formula is C44H42Br4F6N8O3. The van der Waals surface area contributed by atoms with E-state index in [-0.39, 0.29) is 5.78 Å². The predicted octanol–water partition coefficient (Wildman–Crippen LogP) is 12.3. The number of piperidine rings is 2. The van der Waals surface area contributed by atoms with Crippen molar-refractivity contribution in [2.75, 3.05) is 49.2 Å². The van der Waals surface area contributed by atoms with Gasteiger partial charge in [0, 0.05) is 81.1 Å². The van der Waals surface area contributed by atoms with E-state index in [1.165, 1.54) is 0 Å². The zero-order valence-corrected chi connectivity index (χ0v) is 42.3. The summed E-state index contributed by atoms with van der Waals surface area (Å²) in [5.74, 6) is 2.47. The molecule has 1 spiro atoms. The average Bonchev–Trinajstić information content (AvgIpc) is 3.86. The summed E-state index contributed by atoms with van der Waals surface area (Å²) in [7, 11) is 0. The third-order valence-electron chi connectivity index (χ3n) is 12.3. The normalized spacial score (nSPS) is 16.9. The highest BCUT2D eigenvalue weighted by Gasteiger charge is 2.41. The minimum absolute atomic E-state index is 0.237. The largest absolute Gasteiger partial charge is 0.416 e. The van der Waals surface area contributed by atoms with Crippen molar-refractivity contribution in [3.63, 3.8) is 0 Å². The van der Waals surface area contributed by atoms with Gasteiger partial charge in [0.05, 0.1) is 46.5 Å². The number of hydrogen-bond acceptors (Lipinski definition) is 9. The molecule has 0 atom stereocenters. The Bertz CT molecular complexity index is 2830. The van der Waals surface area contributed by atoms with Crippen molar-refractivity contribution in [3.05, 3.63) is 87.4 Å². The molecule has 11 nitrogen and oxygen atoms in total. The van der Waals surface area contributed by atoms with Crippen molar-refractivity contribution in [2.45, 2.75) is 85.4 Å². The minimum atomic E-state index is -4.45. The fourth-order valence-corrected chi connectivity index (χ4v) is 11.9. The van der Waals surface area contributed by atoms with Crippen LogP contribution < -0.4 is 9.80 Å². The van der Waals surface area contributed by atoms with Gasteiger partial charge in [-0.15, -0.1) is 0 Å². The highest BCUT2D eigenvalue weighted by molar-refractivity contribution is 9.11. The Morgan fingerprint density at radius 3 is 1.28 bits per heavy atom. The highest BCUT2D eigenvalue weighted by Crippen LogP contribution is 2.44. The number of aryl methyl sites for hydroxylation is 4. The molecule has 0 unspecified atom stereocenters. The molecule has 3 aliphatic rings. The smallest absolute Gasteiger partial charge is 0.356 e. The van der Waals surface area contributed by atoms with Crippen molar-refractivity contribution in [3.8, 4) is 11.4 Å². The number of ether oxygens (including phenoxy) is 2. The third-order valence-corrected chi connectivity index (χ3v) is 14.7. The first-order chi connectivity index (χ1) is 30.5. The molecule has 0 aliphatic carbocycles. The molecule has 9 rings (SSSR count). The number of aromatic nitrogens is 6. The summed E-state index contributed by atoms with van der Waals surface area (Å²) in [6.45, 7) is 15.3. The summed E-state index contributed by atoms with van der Waals surface area (Å²) in [6, 6.07) is 4.35. The van der Waals surface area contributed by atoms with Crippen molar-refractivity contribution in [2.24, 2.45) is 0 Å². The Labute approximate surface area is 403 Å². The average molecular weight is 1160 g/mol. The van der Waals surface area contributed by atoms with Crippen LogP contribution in [0, 0.1) is 41.5 Å². The van der Waals surface area contributed by atoms with Crippen molar-refractivity contribution >= 4 is 103 Å². The molecule has 3 aliphatic heterocycles. The maximum absolute atomic E-state index is 13.3. The fourth-order valence-electron chi connectivity index (χ4n) is 8.80. The molecule has 21 heteroatoms. The molecule has 4 aromatic heterocycles. The second kappa shape index (κ2) is 17.8. The monoisotopic (exact) mass is 1160 g/mol. The number of nitrogens with zero attached hydrogens (tertiary/aromatic N) is 8. The van der Waals surface area contributed by atoms with Crippen LogP contribution in [0.2, 0.25) is 0 Å². The van der Waals surface area contributed by atoms with Gasteiger partial charge < -0.3 is 19.3 Å². The van der Waals surface area contributed by atoms with Crippen LogP contribution in [0.3, 0.4) is 0 Å². The maximum atomic E-state index is 13.3. The number of anilines is 2. The van der Waals surface area contributed by atoms with E-state index in [0.29, 0.717) is 91.4 Å². The Morgan fingerprint density at radius 2 is 0.923 bits per heavy atom. The van der Waals surface area contributed by atoms with Crippen molar-refractivity contribution in [1.29, 1.82) is 0 Å². The summed E-state index contributed by atoms with van der Waals surface area (Å²) < 4.78 is 96.5. The standard InChI is InChI=1S/C23H23Br2F3N4O2.C21H19Br2F3N4O/c1-12-13(2)32(19-16(24)10-15(11-17(19)25)23(26,27)28)21-18(12)20(29-14(3)30-21)31-6-4-22(5-7-31)33-8-9-34-22;1-10-11(2)30(18-15(22)8-13(9-16(18)23)21(24,25)26)20-17(10)19(27-12(3)28-20)29-6-4-14(31)5-7-29/h10-11H,4-9H2,1-3H3;8-9H,4-7H2,1-3H3. The van der Waals surface area contributed by atoms with Crippen LogP contribution in [0.15, 0.2) is 42.2 Å². The van der Waals surface area contributed by atoms with E-state index < -0.39 is 29.3 Å². The number of halogens is 10. The molecule has 65 heavy (non-hydrogen) atoms. The lowest BCUT2D eigenvalue weighted by molar-refractivity contribution is -0.169. The first-order valence-electron chi connectivity index (χ1n) is 20.6. The van der Waals surface area contributed by atoms with Gasteiger partial charge in [0.1, 0.15) is 29.1 Å². The number of alkyl halides is 6. The summed E-state index contributed by atoms with van der Waals surface area (Å²) >= 11 is 13.4. The molecule has 3 saturated heterocycles. The second-order valence-corrected chi connectivity index (χ2v) is 19.8. The minimum Gasteiger partial charge on any atom is -0.356 e. The predicted molar refractivity (Wildman–Crippen MR) is 249 cm³/mol. The third kappa shape index (κ3) is 8.98. The van der Waals surface area contributed by atoms with Gasteiger partial charge in [-0.2, -0.15) is 26.3 Å². The Balaban J connectivity index is 0.000000178. The van der Waals surface area contributed by atoms with Crippen LogP contribution in [0.25, 0.3) is 33.4 Å². The molecule has 0 N–H and O–H groups in total. The Hall–Kier alpha value is -3.63. The molecule has 0 amide bonds. The first kappa shape index (κ1) is 47.8. The molecule has 6 aromatic rings. The number of benzene rings is 2. The molecule has 3 fully saturated rings. The zero-order valence-electron chi connectivity index (χ0n) is 36.0. The molecule has 346 valence electrons. The van der Waals surface area contributed by atoms with Crippen LogP contribution in [0.1, 0.15) is 71.0 Å². The maximum Gasteiger partial charge on any atom is 0.416 e. The van der Waals surface area contributed by atoms with Gasteiger partial charge in [-0.05, 0) is 141 Å². The van der Waals surface area contributed by atoms with Crippen LogP contribution in [0.5, 0.6) is 0 Å². The Morgan fingerprint density at radius 1 is 0.569 bits per heavy atom. The summed E-state index contributed by atoms with van der Waals surface area (Å²) in [5, 5.41) is 1.74. The SMILES string of the molecule is Cc1nc(N2CCC(=O)CC2)c2c(C)c(C)n(-c3c(Br)cc(C(F)(F)F)cc3Br)c2n1.Cc1nc(N2CCC3(CC2)OCCO3)c2c(C)c(C)n(-c3c(Br)cc(C(F)(F)F)cc3Br)c2n1. The van der Waals surface area contributed by atoms with Crippen molar-refractivity contribution < 1.29 is 40.6 Å². The van der Waals surface area contributed by atoms with Crippen LogP contribution in [-0.2, 0) is 26.6 Å². The summed E-state index contributed by atoms with van der Waals surface area (Å²) in [4.78, 5) is 34.8. The van der Waals surface area contributed by atoms with Gasteiger partial charge in [0.2, 0.25) is 0 Å². The first-order valence-corrected chi connectivity index (χ1v) is 23.8. The molecule has 7 heterocycles. The summed E-state index contributed by atoms with van der Waals surface area (Å²) in [5.41, 5.74) is 4.58. The fraction of sp³-hybridized carbons (Fsp3) is 0.432. The van der Waals surface area contributed by atoms with E-state index in [2.05, 4.69) is 83.5 Å². The number of carbonyl (C=O) groups is 1. The lowest BCUT2D eigenvalue weighted by Gasteiger charge is -2.38. The molecule has 0 bridgehead atoms. The number of fused-ring (bicyclic) bond motifs is 2. The second-order valence-electron chi connectivity index (χ2n) is 16.4. The lowest BCUT2D eigenvalue weighted by atomic mass is 10.0. The summed E-state index contributed by atoms with van der Waals surface area (Å²) in [6.07, 6.45) is -6.47. The Kier molecular flexibility index (Phi) is 13.1. The molecular weight excluding hydrogens is 1120 g/mol. The van der Waals surface area contributed by atoms with E-state index in [9.17, 15) is 31.1 Å². The highest BCUT2D eigenvalue weighted by atomic mass is 79.9. The number of hydrogen-bond donors (Lipinski definition) is 0. The quantitative estimate of drug-likeness (QED) is 0.160. The number of Topliss-reactive ketones (excluding diaryl/α,β-unsaturated/α-hetero) is 1. The van der Waals surface area contributed by atoms with E-state index in [1.54, 1.807) is 6.92 Å². The van der Waals surface area contributed by atoms with E-state index in [1.807, 2.05) is 43.8 Å². The van der Waals surface area contributed by atoms with Crippen LogP contribution in [0.4, 0.5) is 38.0 Å². The van der Waals surface area contributed by atoms with Gasteiger partial charge >= 0.3 is 12.4 Å². The van der Waals surface area contributed by atoms with E-state index in [4.69, 9.17) is 19.4 Å². The van der Waals surface area contributed by atoms with Crippen LogP contribution >= 0.6 is 63.7 Å². The molecule has 0 radical (unpaired) electrons.